The van der Waals surface area contributed by atoms with Crippen molar-refractivity contribution >= 4 is 45.4 Å². The molecule has 2 N–H and O–H groups in total. The zero-order valence-electron chi connectivity index (χ0n) is 16.8. The standard InChI is InChI=1S/C22H18ClN3O5S/c1-31-22(28)17-4-2-15(3-5-17)14-24-25-21(27)16-6-10-19(11-7-16)26-32(29,30)20-12-8-18(23)9-13-20/h2-14,26H,1H3,(H,25,27). The fourth-order valence-electron chi connectivity index (χ4n) is 2.57. The quantitative estimate of drug-likeness (QED) is 0.310. The highest BCUT2D eigenvalue weighted by molar-refractivity contribution is 7.92. The van der Waals surface area contributed by atoms with E-state index in [1.165, 1.54) is 61.9 Å². The average molecular weight is 472 g/mol. The predicted octanol–water partition coefficient (Wildman–Crippen LogP) is 3.69. The van der Waals surface area contributed by atoms with Crippen molar-refractivity contribution in [1.82, 2.24) is 5.43 Å². The van der Waals surface area contributed by atoms with Crippen molar-refractivity contribution < 1.29 is 22.7 Å². The van der Waals surface area contributed by atoms with Crippen molar-refractivity contribution in [3.05, 3.63) is 94.5 Å². The van der Waals surface area contributed by atoms with Crippen LogP contribution in [0.4, 0.5) is 5.69 Å². The minimum atomic E-state index is -3.78. The molecule has 3 aromatic carbocycles. The van der Waals surface area contributed by atoms with E-state index in [1.54, 1.807) is 24.3 Å². The van der Waals surface area contributed by atoms with Gasteiger partial charge in [-0.3, -0.25) is 9.52 Å². The number of methoxy groups -OCH3 is 1. The van der Waals surface area contributed by atoms with E-state index in [2.05, 4.69) is 20.0 Å². The molecule has 8 nitrogen and oxygen atoms in total. The first-order chi connectivity index (χ1) is 15.3. The van der Waals surface area contributed by atoms with E-state index in [0.29, 0.717) is 21.8 Å². The monoisotopic (exact) mass is 471 g/mol. The zero-order chi connectivity index (χ0) is 23.1. The van der Waals surface area contributed by atoms with Gasteiger partial charge in [-0.05, 0) is 66.2 Å². The molecule has 0 aliphatic rings. The number of nitrogens with one attached hydrogen (secondary N) is 2. The molecule has 164 valence electrons. The number of hydrogen-bond acceptors (Lipinski definition) is 6. The third-order valence-corrected chi connectivity index (χ3v) is 5.88. The molecule has 10 heteroatoms. The number of hydrazone groups is 1. The van der Waals surface area contributed by atoms with Crippen LogP contribution in [0.1, 0.15) is 26.3 Å². The maximum absolute atomic E-state index is 12.4. The number of carbonyl (C=O) groups is 2. The van der Waals surface area contributed by atoms with E-state index in [4.69, 9.17) is 11.6 Å². The van der Waals surface area contributed by atoms with Gasteiger partial charge in [0.05, 0.1) is 23.8 Å². The Hall–Kier alpha value is -3.69. The van der Waals surface area contributed by atoms with Crippen molar-refractivity contribution in [1.29, 1.82) is 0 Å². The second kappa shape index (κ2) is 10.1. The maximum atomic E-state index is 12.4. The average Bonchev–Trinajstić information content (AvgIpc) is 2.79. The summed E-state index contributed by atoms with van der Waals surface area (Å²) in [6.45, 7) is 0. The smallest absolute Gasteiger partial charge is 0.337 e. The minimum Gasteiger partial charge on any atom is -0.465 e. The molecule has 0 aliphatic carbocycles. The lowest BCUT2D eigenvalue weighted by Gasteiger charge is -2.08. The highest BCUT2D eigenvalue weighted by atomic mass is 35.5. The Labute approximate surface area is 189 Å². The summed E-state index contributed by atoms with van der Waals surface area (Å²) in [5.41, 5.74) is 4.04. The molecule has 32 heavy (non-hydrogen) atoms. The van der Waals surface area contributed by atoms with Gasteiger partial charge in [-0.25, -0.2) is 18.6 Å². The summed E-state index contributed by atoms with van der Waals surface area (Å²) >= 11 is 5.78. The molecule has 0 saturated carbocycles. The van der Waals surface area contributed by atoms with Crippen molar-refractivity contribution in [3.63, 3.8) is 0 Å². The van der Waals surface area contributed by atoms with Gasteiger partial charge in [-0.15, -0.1) is 0 Å². The Balaban J connectivity index is 1.59. The van der Waals surface area contributed by atoms with Crippen LogP contribution >= 0.6 is 11.6 Å². The fourth-order valence-corrected chi connectivity index (χ4v) is 3.76. The predicted molar refractivity (Wildman–Crippen MR) is 122 cm³/mol. The molecule has 1 amide bonds. The summed E-state index contributed by atoms with van der Waals surface area (Å²) in [4.78, 5) is 23.7. The highest BCUT2D eigenvalue weighted by Gasteiger charge is 2.14. The number of ether oxygens (including phenoxy) is 1. The number of carbonyl (C=O) groups excluding carboxylic acids is 2. The fraction of sp³-hybridized carbons (Fsp3) is 0.0455. The van der Waals surface area contributed by atoms with Crippen LogP contribution in [-0.2, 0) is 14.8 Å². The number of anilines is 1. The Kier molecular flexibility index (Phi) is 7.24. The molecule has 0 atom stereocenters. The lowest BCUT2D eigenvalue weighted by Crippen LogP contribution is -2.18. The van der Waals surface area contributed by atoms with Crippen LogP contribution in [0.15, 0.2) is 82.8 Å². The van der Waals surface area contributed by atoms with Crippen LogP contribution in [0, 0.1) is 0 Å². The van der Waals surface area contributed by atoms with Crippen LogP contribution < -0.4 is 10.1 Å². The van der Waals surface area contributed by atoms with Crippen LogP contribution in [0.5, 0.6) is 0 Å². The Morgan fingerprint density at radius 3 is 2.09 bits per heavy atom. The largest absolute Gasteiger partial charge is 0.465 e. The van der Waals surface area contributed by atoms with Crippen LogP contribution in [0.25, 0.3) is 0 Å². The van der Waals surface area contributed by atoms with E-state index in [-0.39, 0.29) is 10.5 Å². The van der Waals surface area contributed by atoms with E-state index < -0.39 is 21.9 Å². The van der Waals surface area contributed by atoms with E-state index in [0.717, 1.165) is 0 Å². The minimum absolute atomic E-state index is 0.0673. The molecular weight excluding hydrogens is 454 g/mol. The van der Waals surface area contributed by atoms with Gasteiger partial charge in [0.15, 0.2) is 0 Å². The topological polar surface area (TPSA) is 114 Å². The van der Waals surface area contributed by atoms with Gasteiger partial charge in [0.1, 0.15) is 0 Å². The van der Waals surface area contributed by atoms with Gasteiger partial charge < -0.3 is 4.74 Å². The van der Waals surface area contributed by atoms with E-state index in [1.807, 2.05) is 0 Å². The number of amides is 1. The molecule has 0 aliphatic heterocycles. The molecule has 0 saturated heterocycles. The van der Waals surface area contributed by atoms with Crippen molar-refractivity contribution in [2.75, 3.05) is 11.8 Å². The van der Waals surface area contributed by atoms with Crippen molar-refractivity contribution in [3.8, 4) is 0 Å². The molecule has 0 fully saturated rings. The first kappa shape index (κ1) is 23.0. The van der Waals surface area contributed by atoms with Gasteiger partial charge in [0, 0.05) is 16.3 Å². The second-order valence-electron chi connectivity index (χ2n) is 6.45. The number of rotatable bonds is 7. The SMILES string of the molecule is COC(=O)c1ccc(C=NNC(=O)c2ccc(NS(=O)(=O)c3ccc(Cl)cc3)cc2)cc1. The van der Waals surface area contributed by atoms with Crippen molar-refractivity contribution in [2.45, 2.75) is 4.90 Å². The van der Waals surface area contributed by atoms with Gasteiger partial charge in [-0.1, -0.05) is 23.7 Å². The Morgan fingerprint density at radius 2 is 1.50 bits per heavy atom. The summed E-state index contributed by atoms with van der Waals surface area (Å²) in [6.07, 6.45) is 1.42. The molecule has 0 bridgehead atoms. The van der Waals surface area contributed by atoms with Gasteiger partial charge in [0.2, 0.25) is 0 Å². The lowest BCUT2D eigenvalue weighted by molar-refractivity contribution is 0.0600. The first-order valence-electron chi connectivity index (χ1n) is 9.19. The van der Waals surface area contributed by atoms with Crippen LogP contribution in [-0.4, -0.2) is 33.6 Å². The van der Waals surface area contributed by atoms with Gasteiger partial charge in [-0.2, -0.15) is 5.10 Å². The Morgan fingerprint density at radius 1 is 0.906 bits per heavy atom. The zero-order valence-corrected chi connectivity index (χ0v) is 18.4. The number of sulfonamides is 1. The van der Waals surface area contributed by atoms with Gasteiger partial charge in [0.25, 0.3) is 15.9 Å². The number of esters is 1. The molecule has 0 heterocycles. The third-order valence-electron chi connectivity index (χ3n) is 4.23. The molecule has 0 aromatic heterocycles. The number of halogens is 1. The molecule has 3 rings (SSSR count). The maximum Gasteiger partial charge on any atom is 0.337 e. The van der Waals surface area contributed by atoms with E-state index >= 15 is 0 Å². The van der Waals surface area contributed by atoms with Gasteiger partial charge >= 0.3 is 5.97 Å². The number of nitrogens with zero attached hydrogens (tertiary/aromatic N) is 1. The second-order valence-corrected chi connectivity index (χ2v) is 8.57. The summed E-state index contributed by atoms with van der Waals surface area (Å²) in [6, 6.07) is 18.1. The third kappa shape index (κ3) is 5.93. The number of hydrogen-bond donors (Lipinski definition) is 2. The molecular formula is C22H18ClN3O5S. The van der Waals surface area contributed by atoms with Crippen LogP contribution in [0.3, 0.4) is 0 Å². The van der Waals surface area contributed by atoms with Crippen molar-refractivity contribution in [2.24, 2.45) is 5.10 Å². The molecule has 0 spiro atoms. The lowest BCUT2D eigenvalue weighted by atomic mass is 10.1. The molecule has 3 aromatic rings. The molecule has 0 unspecified atom stereocenters. The summed E-state index contributed by atoms with van der Waals surface area (Å²) in [5, 5.41) is 4.31. The summed E-state index contributed by atoms with van der Waals surface area (Å²) in [7, 11) is -2.48. The van der Waals surface area contributed by atoms with E-state index in [9.17, 15) is 18.0 Å². The van der Waals surface area contributed by atoms with Crippen LogP contribution in [0.2, 0.25) is 5.02 Å². The number of benzene rings is 3. The summed E-state index contributed by atoms with van der Waals surface area (Å²) in [5.74, 6) is -0.916. The Bertz CT molecular complexity index is 1240. The summed E-state index contributed by atoms with van der Waals surface area (Å²) < 4.78 is 31.9. The highest BCUT2D eigenvalue weighted by Crippen LogP contribution is 2.18. The first-order valence-corrected chi connectivity index (χ1v) is 11.0. The molecule has 0 radical (unpaired) electrons. The normalized spacial score (nSPS) is 11.2.